The number of aliphatic hydroxyl groups excluding tert-OH is 1. The van der Waals surface area contributed by atoms with Gasteiger partial charge in [-0.15, -0.1) is 0 Å². The van der Waals surface area contributed by atoms with E-state index in [-0.39, 0.29) is 6.61 Å². The van der Waals surface area contributed by atoms with Crippen molar-refractivity contribution in [2.24, 2.45) is 5.73 Å². The third kappa shape index (κ3) is 4.62. The first-order valence-corrected chi connectivity index (χ1v) is 5.88. The molecule has 4 N–H and O–H groups in total. The molecule has 1 rings (SSSR count). The molecule has 0 aliphatic heterocycles. The van der Waals surface area contributed by atoms with E-state index in [2.05, 4.69) is 5.32 Å². The van der Waals surface area contributed by atoms with Crippen molar-refractivity contribution < 1.29 is 14.6 Å². The third-order valence-corrected chi connectivity index (χ3v) is 2.74. The molecular formula is C12H17ClN2O3. The molecule has 1 unspecified atom stereocenters. The van der Waals surface area contributed by atoms with Crippen LogP contribution in [0, 0.1) is 0 Å². The number of nitrogens with one attached hydrogen (secondary N) is 1. The molecule has 1 amide bonds. The van der Waals surface area contributed by atoms with E-state index in [1.165, 1.54) is 13.2 Å². The Kier molecular flexibility index (Phi) is 6.07. The van der Waals surface area contributed by atoms with E-state index in [1.54, 1.807) is 12.1 Å². The number of methoxy groups -OCH3 is 1. The van der Waals surface area contributed by atoms with Crippen molar-refractivity contribution in [2.45, 2.75) is 12.6 Å². The minimum Gasteiger partial charge on any atom is -0.389 e. The quantitative estimate of drug-likeness (QED) is 0.676. The summed E-state index contributed by atoms with van der Waals surface area (Å²) in [6.45, 7) is 1.18. The van der Waals surface area contributed by atoms with Crippen molar-refractivity contribution >= 4 is 17.5 Å². The third-order valence-electron chi connectivity index (χ3n) is 2.39. The highest BCUT2D eigenvalue weighted by Crippen LogP contribution is 2.17. The average Bonchev–Trinajstić information content (AvgIpc) is 2.31. The normalized spacial score (nSPS) is 12.4. The summed E-state index contributed by atoms with van der Waals surface area (Å²) in [6, 6.07) is 4.89. The zero-order chi connectivity index (χ0) is 13.5. The fourth-order valence-electron chi connectivity index (χ4n) is 1.47. The van der Waals surface area contributed by atoms with Crippen LogP contribution in [0.1, 0.15) is 15.9 Å². The highest BCUT2D eigenvalue weighted by molar-refractivity contribution is 6.31. The summed E-state index contributed by atoms with van der Waals surface area (Å²) >= 11 is 6.01. The van der Waals surface area contributed by atoms with Crippen molar-refractivity contribution in [1.82, 2.24) is 5.32 Å². The van der Waals surface area contributed by atoms with Crippen molar-refractivity contribution in [3.05, 3.63) is 34.3 Å². The van der Waals surface area contributed by atoms with Crippen molar-refractivity contribution in [1.29, 1.82) is 0 Å². The number of carbonyl (C=O) groups excluding carboxylic acids is 1. The Bertz CT molecular complexity index is 412. The second kappa shape index (κ2) is 7.33. The number of carbonyl (C=O) groups is 1. The fraction of sp³-hybridized carbons (Fsp3) is 0.417. The molecule has 0 spiro atoms. The summed E-state index contributed by atoms with van der Waals surface area (Å²) in [6.07, 6.45) is -0.557. The van der Waals surface area contributed by atoms with Gasteiger partial charge < -0.3 is 20.9 Å². The molecule has 0 aliphatic rings. The first-order chi connectivity index (χ1) is 8.54. The Balaban J connectivity index is 2.50. The highest BCUT2D eigenvalue weighted by atomic mass is 35.5. The Morgan fingerprint density at radius 2 is 2.33 bits per heavy atom. The topological polar surface area (TPSA) is 84.6 Å². The standard InChI is InChI=1S/C12H17ClN2O3/c1-18-7-10(16)6-15-5-9-3-2-8(12(14)17)4-11(9)13/h2-4,10,15-16H,5-7H2,1H3,(H2,14,17). The number of nitrogens with two attached hydrogens (primary N) is 1. The predicted molar refractivity (Wildman–Crippen MR) is 69.6 cm³/mol. The van der Waals surface area contributed by atoms with Crippen molar-refractivity contribution in [3.63, 3.8) is 0 Å². The smallest absolute Gasteiger partial charge is 0.248 e. The summed E-state index contributed by atoms with van der Waals surface area (Å²) in [5.74, 6) is -0.507. The Labute approximate surface area is 111 Å². The van der Waals surface area contributed by atoms with E-state index >= 15 is 0 Å². The molecule has 0 saturated carbocycles. The molecule has 1 atom stereocenters. The molecule has 5 nitrogen and oxygen atoms in total. The maximum Gasteiger partial charge on any atom is 0.248 e. The van der Waals surface area contributed by atoms with Gasteiger partial charge in [0.15, 0.2) is 0 Å². The van der Waals surface area contributed by atoms with Gasteiger partial charge in [-0.25, -0.2) is 0 Å². The zero-order valence-corrected chi connectivity index (χ0v) is 10.9. The summed E-state index contributed by atoms with van der Waals surface area (Å²) in [5, 5.41) is 12.9. The zero-order valence-electron chi connectivity index (χ0n) is 10.1. The molecule has 0 saturated heterocycles. The van der Waals surface area contributed by atoms with Crippen LogP contribution in [-0.2, 0) is 11.3 Å². The number of rotatable bonds is 7. The van der Waals surface area contributed by atoms with E-state index in [1.807, 2.05) is 0 Å². The van der Waals surface area contributed by atoms with E-state index in [4.69, 9.17) is 22.1 Å². The fourth-order valence-corrected chi connectivity index (χ4v) is 1.72. The second-order valence-corrected chi connectivity index (χ2v) is 4.32. The molecule has 0 radical (unpaired) electrons. The van der Waals surface area contributed by atoms with Gasteiger partial charge in [0.05, 0.1) is 12.7 Å². The number of hydrogen-bond donors (Lipinski definition) is 3. The van der Waals surface area contributed by atoms with Crippen LogP contribution in [0.3, 0.4) is 0 Å². The maximum atomic E-state index is 10.9. The summed E-state index contributed by atoms with van der Waals surface area (Å²) < 4.78 is 4.80. The lowest BCUT2D eigenvalue weighted by molar-refractivity contribution is 0.0644. The molecular weight excluding hydrogens is 256 g/mol. The van der Waals surface area contributed by atoms with Crippen LogP contribution in [0.5, 0.6) is 0 Å². The first-order valence-electron chi connectivity index (χ1n) is 5.50. The molecule has 0 fully saturated rings. The van der Waals surface area contributed by atoms with Gasteiger partial charge in [0.25, 0.3) is 0 Å². The van der Waals surface area contributed by atoms with E-state index in [0.717, 1.165) is 5.56 Å². The Morgan fingerprint density at radius 3 is 2.89 bits per heavy atom. The van der Waals surface area contributed by atoms with Crippen LogP contribution in [-0.4, -0.2) is 37.4 Å². The minimum atomic E-state index is -0.557. The molecule has 0 aliphatic carbocycles. The minimum absolute atomic E-state index is 0.279. The molecule has 0 aromatic heterocycles. The van der Waals surface area contributed by atoms with Crippen LogP contribution in [0.2, 0.25) is 5.02 Å². The van der Waals surface area contributed by atoms with Crippen LogP contribution < -0.4 is 11.1 Å². The summed E-state index contributed by atoms with van der Waals surface area (Å²) in [7, 11) is 1.53. The maximum absolute atomic E-state index is 10.9. The second-order valence-electron chi connectivity index (χ2n) is 3.91. The Hall–Kier alpha value is -1.14. The molecule has 1 aromatic rings. The Morgan fingerprint density at radius 1 is 1.61 bits per heavy atom. The van der Waals surface area contributed by atoms with Crippen molar-refractivity contribution in [2.75, 3.05) is 20.3 Å². The van der Waals surface area contributed by atoms with Gasteiger partial charge in [-0.3, -0.25) is 4.79 Å². The van der Waals surface area contributed by atoms with Gasteiger partial charge >= 0.3 is 0 Å². The van der Waals surface area contributed by atoms with E-state index < -0.39 is 12.0 Å². The lowest BCUT2D eigenvalue weighted by atomic mass is 10.1. The number of amides is 1. The number of hydrogen-bond acceptors (Lipinski definition) is 4. The van der Waals surface area contributed by atoms with Gasteiger partial charge in [-0.05, 0) is 17.7 Å². The van der Waals surface area contributed by atoms with Crippen molar-refractivity contribution in [3.8, 4) is 0 Å². The molecule has 0 heterocycles. The van der Waals surface area contributed by atoms with E-state index in [9.17, 15) is 9.90 Å². The van der Waals surface area contributed by atoms with Gasteiger partial charge in [0.2, 0.25) is 5.91 Å². The van der Waals surface area contributed by atoms with Gasteiger partial charge in [0.1, 0.15) is 0 Å². The van der Waals surface area contributed by atoms with Gasteiger partial charge in [0, 0.05) is 30.8 Å². The first kappa shape index (κ1) is 14.9. The van der Waals surface area contributed by atoms with Crippen LogP contribution >= 0.6 is 11.6 Å². The number of aliphatic hydroxyl groups is 1. The molecule has 6 heteroatoms. The predicted octanol–water partition coefficient (Wildman–Crippen LogP) is 0.536. The largest absolute Gasteiger partial charge is 0.389 e. The lowest BCUT2D eigenvalue weighted by Gasteiger charge is -2.11. The lowest BCUT2D eigenvalue weighted by Crippen LogP contribution is -2.29. The molecule has 0 bridgehead atoms. The summed E-state index contributed by atoms with van der Waals surface area (Å²) in [5.41, 5.74) is 6.36. The number of halogens is 1. The number of primary amides is 1. The van der Waals surface area contributed by atoms with Gasteiger partial charge in [-0.2, -0.15) is 0 Å². The highest BCUT2D eigenvalue weighted by Gasteiger charge is 2.07. The molecule has 100 valence electrons. The van der Waals surface area contributed by atoms with Crippen LogP contribution in [0.15, 0.2) is 18.2 Å². The van der Waals surface area contributed by atoms with E-state index in [0.29, 0.717) is 23.7 Å². The SMILES string of the molecule is COCC(O)CNCc1ccc(C(N)=O)cc1Cl. The molecule has 18 heavy (non-hydrogen) atoms. The summed E-state index contributed by atoms with van der Waals surface area (Å²) in [4.78, 5) is 10.9. The molecule has 1 aromatic carbocycles. The van der Waals surface area contributed by atoms with Gasteiger partial charge in [-0.1, -0.05) is 17.7 Å². The van der Waals surface area contributed by atoms with Crippen LogP contribution in [0.4, 0.5) is 0 Å². The number of ether oxygens (including phenoxy) is 1. The van der Waals surface area contributed by atoms with Crippen LogP contribution in [0.25, 0.3) is 0 Å². The number of benzene rings is 1. The average molecular weight is 273 g/mol. The monoisotopic (exact) mass is 272 g/mol.